The predicted molar refractivity (Wildman–Crippen MR) is 74.6 cm³/mol. The highest BCUT2D eigenvalue weighted by Crippen LogP contribution is 2.19. The number of aromatic nitrogens is 4. The molecule has 0 spiro atoms. The molecule has 0 bridgehead atoms. The van der Waals surface area contributed by atoms with Crippen LogP contribution in [0.5, 0.6) is 5.75 Å². The topological polar surface area (TPSA) is 75.9 Å². The van der Waals surface area contributed by atoms with E-state index in [9.17, 15) is 5.11 Å². The monoisotopic (exact) mass is 267 g/mol. The van der Waals surface area contributed by atoms with Crippen molar-refractivity contribution >= 4 is 5.69 Å². The van der Waals surface area contributed by atoms with Gasteiger partial charge in [0.15, 0.2) is 0 Å². The maximum absolute atomic E-state index is 9.27. The van der Waals surface area contributed by atoms with Gasteiger partial charge in [0.1, 0.15) is 12.1 Å². The maximum atomic E-state index is 9.27. The zero-order chi connectivity index (χ0) is 13.8. The van der Waals surface area contributed by atoms with Gasteiger partial charge in [-0.1, -0.05) is 24.3 Å². The van der Waals surface area contributed by atoms with E-state index in [2.05, 4.69) is 20.8 Å². The highest BCUT2D eigenvalue weighted by atomic mass is 16.3. The van der Waals surface area contributed by atoms with Crippen LogP contribution < -0.4 is 5.32 Å². The molecule has 2 N–H and O–H groups in total. The van der Waals surface area contributed by atoms with Gasteiger partial charge in [0, 0.05) is 6.54 Å². The Balaban J connectivity index is 1.79. The van der Waals surface area contributed by atoms with E-state index in [4.69, 9.17) is 0 Å². The number of aromatic hydroxyl groups is 1. The van der Waals surface area contributed by atoms with Gasteiger partial charge in [-0.2, -0.15) is 4.68 Å². The fourth-order valence-electron chi connectivity index (χ4n) is 1.91. The highest BCUT2D eigenvalue weighted by molar-refractivity contribution is 5.60. The maximum Gasteiger partial charge on any atom is 0.143 e. The summed E-state index contributed by atoms with van der Waals surface area (Å²) in [7, 11) is 0. The average molecular weight is 267 g/mol. The molecule has 0 unspecified atom stereocenters. The van der Waals surface area contributed by atoms with E-state index in [1.54, 1.807) is 23.1 Å². The third kappa shape index (κ3) is 2.59. The lowest BCUT2D eigenvalue weighted by Crippen LogP contribution is -2.04. The summed E-state index contributed by atoms with van der Waals surface area (Å²) in [5.74, 6) is 0.267. The molecule has 0 aliphatic carbocycles. The van der Waals surface area contributed by atoms with Crippen molar-refractivity contribution < 1.29 is 5.11 Å². The van der Waals surface area contributed by atoms with E-state index in [1.807, 2.05) is 36.4 Å². The van der Waals surface area contributed by atoms with Crippen LogP contribution in [0.15, 0.2) is 54.9 Å². The Morgan fingerprint density at radius 1 is 1.05 bits per heavy atom. The Hall–Kier alpha value is -2.89. The molecule has 0 saturated heterocycles. The lowest BCUT2D eigenvalue weighted by molar-refractivity contribution is 0.475. The van der Waals surface area contributed by atoms with E-state index < -0.39 is 0 Å². The van der Waals surface area contributed by atoms with E-state index in [0.29, 0.717) is 6.54 Å². The summed E-state index contributed by atoms with van der Waals surface area (Å²) in [6.45, 7) is 0.652. The van der Waals surface area contributed by atoms with Crippen LogP contribution in [0.25, 0.3) is 5.69 Å². The van der Waals surface area contributed by atoms with Crippen molar-refractivity contribution in [2.45, 2.75) is 6.54 Å². The van der Waals surface area contributed by atoms with Crippen molar-refractivity contribution in [3.63, 3.8) is 0 Å². The fraction of sp³-hybridized carbons (Fsp3) is 0.0714. The number of phenolic OH excluding ortho intramolecular Hbond substituents is 1. The second-order valence-electron chi connectivity index (χ2n) is 4.29. The van der Waals surface area contributed by atoms with Gasteiger partial charge in [0.05, 0.1) is 11.4 Å². The molecule has 0 aliphatic heterocycles. The van der Waals surface area contributed by atoms with E-state index in [0.717, 1.165) is 16.9 Å². The third-order valence-corrected chi connectivity index (χ3v) is 2.92. The van der Waals surface area contributed by atoms with Gasteiger partial charge < -0.3 is 10.4 Å². The van der Waals surface area contributed by atoms with Crippen LogP contribution >= 0.6 is 0 Å². The minimum absolute atomic E-state index is 0.267. The molecule has 3 rings (SSSR count). The van der Waals surface area contributed by atoms with Crippen molar-refractivity contribution in [3.05, 3.63) is 60.4 Å². The molecule has 6 nitrogen and oxygen atoms in total. The molecule has 0 saturated carbocycles. The summed E-state index contributed by atoms with van der Waals surface area (Å²) in [6, 6.07) is 14.9. The molecular weight excluding hydrogens is 254 g/mol. The summed E-state index contributed by atoms with van der Waals surface area (Å²) in [5, 5.41) is 23.8. The number of hydrogen-bond donors (Lipinski definition) is 2. The van der Waals surface area contributed by atoms with Crippen molar-refractivity contribution in [2.75, 3.05) is 5.32 Å². The average Bonchev–Trinajstić information content (AvgIpc) is 3.01. The van der Waals surface area contributed by atoms with E-state index in [1.165, 1.54) is 0 Å². The van der Waals surface area contributed by atoms with Gasteiger partial charge in [-0.25, -0.2) is 0 Å². The first-order chi connectivity index (χ1) is 9.83. The minimum Gasteiger partial charge on any atom is -0.508 e. The standard InChI is InChI=1S/C14H13N5O/c20-12-7-5-11(6-8-12)9-15-13-3-1-2-4-14(13)19-10-16-17-18-19/h1-8,10,15,20H,9H2. The zero-order valence-corrected chi connectivity index (χ0v) is 10.6. The highest BCUT2D eigenvalue weighted by Gasteiger charge is 2.04. The SMILES string of the molecule is Oc1ccc(CNc2ccccc2-n2cnnn2)cc1. The molecule has 1 aromatic heterocycles. The normalized spacial score (nSPS) is 10.4. The molecule has 0 radical (unpaired) electrons. The number of anilines is 1. The Labute approximate surface area is 115 Å². The predicted octanol–water partition coefficient (Wildman–Crippen LogP) is 1.98. The number of phenols is 1. The molecule has 0 aliphatic rings. The van der Waals surface area contributed by atoms with Gasteiger partial charge in [-0.05, 0) is 40.3 Å². The fourth-order valence-corrected chi connectivity index (χ4v) is 1.91. The number of para-hydroxylation sites is 2. The summed E-state index contributed by atoms with van der Waals surface area (Å²) < 4.78 is 1.61. The summed E-state index contributed by atoms with van der Waals surface area (Å²) >= 11 is 0. The molecule has 0 amide bonds. The zero-order valence-electron chi connectivity index (χ0n) is 10.6. The van der Waals surface area contributed by atoms with Crippen LogP contribution in [0.2, 0.25) is 0 Å². The largest absolute Gasteiger partial charge is 0.508 e. The van der Waals surface area contributed by atoms with Gasteiger partial charge in [0.2, 0.25) is 0 Å². The minimum atomic E-state index is 0.267. The smallest absolute Gasteiger partial charge is 0.143 e. The number of benzene rings is 2. The Morgan fingerprint density at radius 3 is 2.60 bits per heavy atom. The van der Waals surface area contributed by atoms with Crippen molar-refractivity contribution in [1.82, 2.24) is 20.2 Å². The Bertz CT molecular complexity index is 679. The van der Waals surface area contributed by atoms with Crippen LogP contribution in [-0.4, -0.2) is 25.3 Å². The second kappa shape index (κ2) is 5.40. The van der Waals surface area contributed by atoms with Crippen molar-refractivity contribution in [2.24, 2.45) is 0 Å². The molecule has 3 aromatic rings. The van der Waals surface area contributed by atoms with E-state index in [-0.39, 0.29) is 5.75 Å². The second-order valence-corrected chi connectivity index (χ2v) is 4.29. The Morgan fingerprint density at radius 2 is 1.85 bits per heavy atom. The van der Waals surface area contributed by atoms with Crippen LogP contribution in [0.1, 0.15) is 5.56 Å². The lowest BCUT2D eigenvalue weighted by Gasteiger charge is -2.11. The van der Waals surface area contributed by atoms with Gasteiger partial charge in [-0.3, -0.25) is 0 Å². The first kappa shape index (κ1) is 12.2. The molecule has 100 valence electrons. The summed E-state index contributed by atoms with van der Waals surface area (Å²) in [6.07, 6.45) is 1.56. The molecule has 20 heavy (non-hydrogen) atoms. The summed E-state index contributed by atoms with van der Waals surface area (Å²) in [4.78, 5) is 0. The van der Waals surface area contributed by atoms with Crippen LogP contribution in [0.3, 0.4) is 0 Å². The number of nitrogens with zero attached hydrogens (tertiary/aromatic N) is 4. The first-order valence-corrected chi connectivity index (χ1v) is 6.17. The quantitative estimate of drug-likeness (QED) is 0.756. The molecule has 1 heterocycles. The number of tetrazole rings is 1. The Kier molecular flexibility index (Phi) is 3.28. The number of rotatable bonds is 4. The van der Waals surface area contributed by atoms with Gasteiger partial charge in [0.25, 0.3) is 0 Å². The molecule has 6 heteroatoms. The molecule has 0 fully saturated rings. The number of nitrogens with one attached hydrogen (secondary N) is 1. The van der Waals surface area contributed by atoms with Crippen LogP contribution in [0.4, 0.5) is 5.69 Å². The van der Waals surface area contributed by atoms with Crippen molar-refractivity contribution in [3.8, 4) is 11.4 Å². The summed E-state index contributed by atoms with van der Waals surface area (Å²) in [5.41, 5.74) is 2.90. The number of hydrogen-bond acceptors (Lipinski definition) is 5. The first-order valence-electron chi connectivity index (χ1n) is 6.17. The molecule has 0 atom stereocenters. The molecule has 2 aromatic carbocycles. The lowest BCUT2D eigenvalue weighted by atomic mass is 10.2. The van der Waals surface area contributed by atoms with E-state index >= 15 is 0 Å². The third-order valence-electron chi connectivity index (χ3n) is 2.92. The van der Waals surface area contributed by atoms with Gasteiger partial charge >= 0.3 is 0 Å². The molecular formula is C14H13N5O. The van der Waals surface area contributed by atoms with Gasteiger partial charge in [-0.15, -0.1) is 5.10 Å². The van der Waals surface area contributed by atoms with Crippen molar-refractivity contribution in [1.29, 1.82) is 0 Å². The van der Waals surface area contributed by atoms with Crippen LogP contribution in [-0.2, 0) is 6.54 Å². The van der Waals surface area contributed by atoms with Crippen LogP contribution in [0, 0.1) is 0 Å².